The van der Waals surface area contributed by atoms with Crippen LogP contribution < -0.4 is 5.32 Å². The van der Waals surface area contributed by atoms with Crippen LogP contribution in [-0.4, -0.2) is 22.1 Å². The molecule has 94 valence electrons. The Morgan fingerprint density at radius 1 is 1.41 bits per heavy atom. The molecule has 1 aromatic heterocycles. The lowest BCUT2D eigenvalue weighted by molar-refractivity contribution is 0.0696. The maximum atomic E-state index is 10.7. The predicted octanol–water partition coefficient (Wildman–Crippen LogP) is 3.02. The number of aromatic nitrogens is 1. The van der Waals surface area contributed by atoms with Gasteiger partial charge in [0.05, 0.1) is 5.56 Å². The van der Waals surface area contributed by atoms with E-state index in [-0.39, 0.29) is 5.56 Å². The van der Waals surface area contributed by atoms with E-state index in [1.165, 1.54) is 6.20 Å². The normalized spacial score (nSPS) is 12.5. The number of nitrogens with zero attached hydrogens (tertiary/aromatic N) is 1. The fourth-order valence-corrected chi connectivity index (χ4v) is 1.95. The molecule has 0 fully saturated rings. The smallest absolute Gasteiger partial charge is 0.337 e. The summed E-state index contributed by atoms with van der Waals surface area (Å²) in [6.45, 7) is 6.48. The van der Waals surface area contributed by atoms with Crippen molar-refractivity contribution in [3.8, 4) is 0 Å². The number of hydrogen-bond donors (Lipinski definition) is 2. The summed E-state index contributed by atoms with van der Waals surface area (Å²) in [7, 11) is 0. The van der Waals surface area contributed by atoms with Gasteiger partial charge in [0.25, 0.3) is 0 Å². The minimum absolute atomic E-state index is 0.214. The fraction of sp³-hybridized carbons (Fsp3) is 0.538. The molecule has 0 bridgehead atoms. The van der Waals surface area contributed by atoms with Gasteiger partial charge in [0.2, 0.25) is 0 Å². The number of anilines is 1. The maximum absolute atomic E-state index is 10.7. The van der Waals surface area contributed by atoms with Crippen molar-refractivity contribution in [2.75, 3.05) is 5.32 Å². The van der Waals surface area contributed by atoms with Crippen molar-refractivity contribution in [1.29, 1.82) is 0 Å². The number of aromatic carboxylic acids is 1. The molecule has 0 aliphatic rings. The summed E-state index contributed by atoms with van der Waals surface area (Å²) in [6.07, 6.45) is 3.63. The number of pyridine rings is 1. The van der Waals surface area contributed by atoms with Gasteiger partial charge in [-0.05, 0) is 25.0 Å². The molecule has 0 saturated heterocycles. The SMILES string of the molecule is CCC(CC)C(C)Nc1ccc(C(=O)O)cn1. The number of nitrogens with one attached hydrogen (secondary N) is 1. The highest BCUT2D eigenvalue weighted by Gasteiger charge is 2.13. The molecule has 0 radical (unpaired) electrons. The van der Waals surface area contributed by atoms with Crippen LogP contribution in [0.2, 0.25) is 0 Å². The van der Waals surface area contributed by atoms with Gasteiger partial charge >= 0.3 is 5.97 Å². The first-order chi connectivity index (χ1) is 8.08. The van der Waals surface area contributed by atoms with Gasteiger partial charge in [-0.2, -0.15) is 0 Å². The van der Waals surface area contributed by atoms with E-state index in [1.807, 2.05) is 0 Å². The van der Waals surface area contributed by atoms with Crippen molar-refractivity contribution in [1.82, 2.24) is 4.98 Å². The van der Waals surface area contributed by atoms with Crippen molar-refractivity contribution in [3.63, 3.8) is 0 Å². The van der Waals surface area contributed by atoms with Gasteiger partial charge in [-0.25, -0.2) is 9.78 Å². The Balaban J connectivity index is 2.65. The van der Waals surface area contributed by atoms with Crippen molar-refractivity contribution in [2.24, 2.45) is 5.92 Å². The molecule has 0 amide bonds. The third kappa shape index (κ3) is 3.73. The number of carboxylic acid groups (broad SMARTS) is 1. The second-order valence-electron chi connectivity index (χ2n) is 4.25. The first kappa shape index (κ1) is 13.5. The summed E-state index contributed by atoms with van der Waals surface area (Å²) in [6, 6.07) is 3.62. The average molecular weight is 236 g/mol. The summed E-state index contributed by atoms with van der Waals surface area (Å²) >= 11 is 0. The van der Waals surface area contributed by atoms with Gasteiger partial charge in [0, 0.05) is 12.2 Å². The standard InChI is InChI=1S/C13H20N2O2/c1-4-10(5-2)9(3)15-12-7-6-11(8-14-12)13(16)17/h6-10H,4-5H2,1-3H3,(H,14,15)(H,16,17). The molecule has 1 unspecified atom stereocenters. The summed E-state index contributed by atoms with van der Waals surface area (Å²) in [5.74, 6) is 0.391. The highest BCUT2D eigenvalue weighted by molar-refractivity contribution is 5.87. The monoisotopic (exact) mass is 236 g/mol. The van der Waals surface area contributed by atoms with Gasteiger partial charge in [-0.15, -0.1) is 0 Å². The second-order valence-corrected chi connectivity index (χ2v) is 4.25. The summed E-state index contributed by atoms with van der Waals surface area (Å²) in [5, 5.41) is 12.1. The lowest BCUT2D eigenvalue weighted by Crippen LogP contribution is -2.25. The molecule has 0 aromatic carbocycles. The zero-order valence-electron chi connectivity index (χ0n) is 10.6. The number of carbonyl (C=O) groups is 1. The van der Waals surface area contributed by atoms with Crippen LogP contribution in [0.25, 0.3) is 0 Å². The molecule has 2 N–H and O–H groups in total. The maximum Gasteiger partial charge on any atom is 0.337 e. The summed E-state index contributed by atoms with van der Waals surface area (Å²) < 4.78 is 0. The molecule has 0 saturated carbocycles. The Kier molecular flexibility index (Phi) is 4.94. The minimum atomic E-state index is -0.947. The number of rotatable bonds is 6. The van der Waals surface area contributed by atoms with Crippen LogP contribution in [0.5, 0.6) is 0 Å². The summed E-state index contributed by atoms with van der Waals surface area (Å²) in [5.41, 5.74) is 0.214. The largest absolute Gasteiger partial charge is 0.478 e. The molecule has 0 aliphatic heterocycles. The molecule has 1 atom stereocenters. The topological polar surface area (TPSA) is 62.2 Å². The van der Waals surface area contributed by atoms with E-state index in [9.17, 15) is 4.79 Å². The lowest BCUT2D eigenvalue weighted by Gasteiger charge is -2.22. The van der Waals surface area contributed by atoms with E-state index < -0.39 is 5.97 Å². The Hall–Kier alpha value is -1.58. The number of carboxylic acids is 1. The quantitative estimate of drug-likeness (QED) is 0.797. The first-order valence-corrected chi connectivity index (χ1v) is 6.04. The van der Waals surface area contributed by atoms with Crippen LogP contribution in [0, 0.1) is 5.92 Å². The molecule has 0 spiro atoms. The predicted molar refractivity (Wildman–Crippen MR) is 68.4 cm³/mol. The zero-order valence-corrected chi connectivity index (χ0v) is 10.6. The van der Waals surface area contributed by atoms with E-state index in [0.29, 0.717) is 12.0 Å². The molecule has 1 heterocycles. The van der Waals surface area contributed by atoms with Crippen molar-refractivity contribution < 1.29 is 9.90 Å². The fourth-order valence-electron chi connectivity index (χ4n) is 1.95. The van der Waals surface area contributed by atoms with E-state index >= 15 is 0 Å². The van der Waals surface area contributed by atoms with Crippen molar-refractivity contribution in [3.05, 3.63) is 23.9 Å². The minimum Gasteiger partial charge on any atom is -0.478 e. The summed E-state index contributed by atoms with van der Waals surface area (Å²) in [4.78, 5) is 14.8. The molecule has 17 heavy (non-hydrogen) atoms. The molecular formula is C13H20N2O2. The molecule has 4 nitrogen and oxygen atoms in total. The second kappa shape index (κ2) is 6.23. The molecule has 1 rings (SSSR count). The molecule has 4 heteroatoms. The van der Waals surface area contributed by atoms with Crippen LogP contribution in [-0.2, 0) is 0 Å². The third-order valence-electron chi connectivity index (χ3n) is 3.14. The van der Waals surface area contributed by atoms with Crippen molar-refractivity contribution in [2.45, 2.75) is 39.7 Å². The highest BCUT2D eigenvalue weighted by Crippen LogP contribution is 2.16. The average Bonchev–Trinajstić information content (AvgIpc) is 2.31. The van der Waals surface area contributed by atoms with Gasteiger partial charge in [-0.1, -0.05) is 26.7 Å². The Labute approximate surface area is 102 Å². The highest BCUT2D eigenvalue weighted by atomic mass is 16.4. The Morgan fingerprint density at radius 2 is 2.06 bits per heavy atom. The van der Waals surface area contributed by atoms with Gasteiger partial charge in [0.1, 0.15) is 5.82 Å². The van der Waals surface area contributed by atoms with Gasteiger partial charge in [0.15, 0.2) is 0 Å². The number of hydrogen-bond acceptors (Lipinski definition) is 3. The van der Waals surface area contributed by atoms with E-state index in [4.69, 9.17) is 5.11 Å². The van der Waals surface area contributed by atoms with E-state index in [1.54, 1.807) is 12.1 Å². The van der Waals surface area contributed by atoms with Crippen LogP contribution >= 0.6 is 0 Å². The molecular weight excluding hydrogens is 216 g/mol. The zero-order chi connectivity index (χ0) is 12.8. The lowest BCUT2D eigenvalue weighted by atomic mass is 9.95. The van der Waals surface area contributed by atoms with Gasteiger partial charge < -0.3 is 10.4 Å². The van der Waals surface area contributed by atoms with Gasteiger partial charge in [-0.3, -0.25) is 0 Å². The first-order valence-electron chi connectivity index (χ1n) is 6.04. The van der Waals surface area contributed by atoms with Crippen LogP contribution in [0.15, 0.2) is 18.3 Å². The Bertz CT molecular complexity index is 358. The van der Waals surface area contributed by atoms with Crippen molar-refractivity contribution >= 4 is 11.8 Å². The van der Waals surface area contributed by atoms with E-state index in [0.717, 1.165) is 18.7 Å². The van der Waals surface area contributed by atoms with E-state index in [2.05, 4.69) is 31.1 Å². The van der Waals surface area contributed by atoms with Crippen LogP contribution in [0.3, 0.4) is 0 Å². The third-order valence-corrected chi connectivity index (χ3v) is 3.14. The molecule has 1 aromatic rings. The Morgan fingerprint density at radius 3 is 2.47 bits per heavy atom. The van der Waals surface area contributed by atoms with Crippen LogP contribution in [0.4, 0.5) is 5.82 Å². The molecule has 0 aliphatic carbocycles. The van der Waals surface area contributed by atoms with Crippen LogP contribution in [0.1, 0.15) is 44.0 Å².